The average Bonchev–Trinajstić information content (AvgIpc) is 3.73. The summed E-state index contributed by atoms with van der Waals surface area (Å²) in [6, 6.07) is 74.4. The molecule has 7 heteroatoms. The summed E-state index contributed by atoms with van der Waals surface area (Å²) in [6.45, 7) is 4.47. The van der Waals surface area contributed by atoms with Gasteiger partial charge < -0.3 is 23.5 Å². The lowest BCUT2D eigenvalue weighted by atomic mass is 9.35. The predicted molar refractivity (Wildman–Crippen MR) is 283 cm³/mol. The number of hydrogen-bond acceptors (Lipinski definition) is 4. The summed E-state index contributed by atoms with van der Waals surface area (Å²) in [4.78, 5) is 0. The molecule has 1 aromatic heterocycles. The van der Waals surface area contributed by atoms with Gasteiger partial charge in [0.1, 0.15) is 46.0 Å². The van der Waals surface area contributed by atoms with Crippen LogP contribution in [0.15, 0.2) is 212 Å². The van der Waals surface area contributed by atoms with E-state index in [0.717, 1.165) is 62.6 Å². The first-order valence-electron chi connectivity index (χ1n) is 23.6. The van der Waals surface area contributed by atoms with Crippen LogP contribution in [-0.4, -0.2) is 18.0 Å². The van der Waals surface area contributed by atoms with Crippen LogP contribution in [-0.2, 0) is 0 Å². The normalized spacial score (nSPS) is 12.9. The van der Waals surface area contributed by atoms with Gasteiger partial charge in [-0.3, -0.25) is 0 Å². The standard InChI is InChI=1S/C32H23BO2.C30H18BNO2/c1-20-8-3-5-10-24(20)22-14-16-26-30(18-22)34-28-12-7-13-29-32(28)33(26)27-17-15-23(19-31(27)35-29)25-11-6-4-9-21(25)2;1-5-13-24-20(9-1)21-10-2-6-14-25(21)32(24)19-17-28-30-29(18-19)34-27-16-8-4-12-23(27)31(30)22-11-3-7-15-26(22)33-28/h3-19H,1-2H3;1-18H. The van der Waals surface area contributed by atoms with Gasteiger partial charge in [-0.15, -0.1) is 0 Å². The molecule has 4 aliphatic rings. The number of fused-ring (bicyclic) bond motifs is 11. The van der Waals surface area contributed by atoms with Crippen molar-refractivity contribution in [3.8, 4) is 73.9 Å². The molecule has 0 unspecified atom stereocenters. The minimum atomic E-state index is 0.0746. The van der Waals surface area contributed by atoms with Gasteiger partial charge in [0.05, 0.1) is 16.7 Å². The molecule has 0 atom stereocenters. The molecule has 0 fully saturated rings. The highest BCUT2D eigenvalue weighted by atomic mass is 16.5. The summed E-state index contributed by atoms with van der Waals surface area (Å²) < 4.78 is 28.3. The van der Waals surface area contributed by atoms with Crippen LogP contribution in [0.3, 0.4) is 0 Å². The number of aryl methyl sites for hydroxylation is 2. The minimum Gasteiger partial charge on any atom is -0.458 e. The molecule has 0 N–H and O–H groups in total. The second-order valence-electron chi connectivity index (χ2n) is 18.4. The Morgan fingerprint density at radius 3 is 1.22 bits per heavy atom. The number of rotatable bonds is 3. The van der Waals surface area contributed by atoms with Gasteiger partial charge in [-0.1, -0.05) is 152 Å². The smallest absolute Gasteiger partial charge is 0.260 e. The molecule has 69 heavy (non-hydrogen) atoms. The van der Waals surface area contributed by atoms with E-state index in [1.54, 1.807) is 0 Å². The molecule has 0 saturated heterocycles. The molecule has 10 aromatic carbocycles. The van der Waals surface area contributed by atoms with Crippen molar-refractivity contribution in [3.63, 3.8) is 0 Å². The van der Waals surface area contributed by atoms with Gasteiger partial charge in [-0.25, -0.2) is 0 Å². The van der Waals surface area contributed by atoms with Crippen LogP contribution >= 0.6 is 0 Å². The van der Waals surface area contributed by atoms with Crippen LogP contribution in [0.5, 0.6) is 46.0 Å². The Bertz CT molecular complexity index is 3690. The number of ether oxygens (including phenoxy) is 4. The molecule has 4 aliphatic heterocycles. The van der Waals surface area contributed by atoms with Crippen LogP contribution in [0.4, 0.5) is 0 Å². The molecule has 0 radical (unpaired) electrons. The highest BCUT2D eigenvalue weighted by Gasteiger charge is 2.42. The van der Waals surface area contributed by atoms with E-state index in [0.29, 0.717) is 0 Å². The molecule has 5 heterocycles. The van der Waals surface area contributed by atoms with E-state index >= 15 is 0 Å². The number of para-hydroxylation sites is 4. The number of hydrogen-bond donors (Lipinski definition) is 0. The molecule has 5 nitrogen and oxygen atoms in total. The molecule has 11 aromatic rings. The van der Waals surface area contributed by atoms with Crippen molar-refractivity contribution in [1.82, 2.24) is 4.57 Å². The number of aromatic nitrogens is 1. The lowest BCUT2D eigenvalue weighted by Crippen LogP contribution is -2.57. The van der Waals surface area contributed by atoms with Crippen molar-refractivity contribution < 1.29 is 18.9 Å². The van der Waals surface area contributed by atoms with Crippen LogP contribution in [0, 0.1) is 13.8 Å². The lowest BCUT2D eigenvalue weighted by Gasteiger charge is -2.33. The second kappa shape index (κ2) is 15.4. The van der Waals surface area contributed by atoms with E-state index in [-0.39, 0.29) is 13.4 Å². The van der Waals surface area contributed by atoms with Crippen molar-refractivity contribution in [2.75, 3.05) is 0 Å². The van der Waals surface area contributed by atoms with Gasteiger partial charge in [0, 0.05) is 33.8 Å². The van der Waals surface area contributed by atoms with Crippen LogP contribution in [0.2, 0.25) is 0 Å². The SMILES string of the molecule is Cc1ccccc1-c1ccc2c(c1)Oc1cccc3c1B2c1ccc(-c2ccccc2C)cc1O3.c1ccc2c(c1)Oc1cc(-n3c4ccccc4c4ccccc43)cc3c1B2c1ccccc1O3. The molecule has 0 spiro atoms. The molecule has 0 aliphatic carbocycles. The Morgan fingerprint density at radius 1 is 0.319 bits per heavy atom. The Balaban J connectivity index is 0.000000130. The summed E-state index contributed by atoms with van der Waals surface area (Å²) in [5.41, 5.74) is 17.6. The number of nitrogens with zero attached hydrogens (tertiary/aromatic N) is 1. The van der Waals surface area contributed by atoms with E-state index in [2.05, 4.69) is 200 Å². The number of benzene rings is 10. The second-order valence-corrected chi connectivity index (χ2v) is 18.4. The van der Waals surface area contributed by atoms with Gasteiger partial charge in [0.2, 0.25) is 0 Å². The molecular formula is C62H41B2NO4. The molecule has 324 valence electrons. The van der Waals surface area contributed by atoms with Crippen LogP contribution < -0.4 is 51.7 Å². The Hall–Kier alpha value is -8.67. The van der Waals surface area contributed by atoms with Gasteiger partial charge in [0.15, 0.2) is 0 Å². The third-order valence-corrected chi connectivity index (χ3v) is 14.4. The lowest BCUT2D eigenvalue weighted by molar-refractivity contribution is 0.464. The molecule has 0 saturated carbocycles. The van der Waals surface area contributed by atoms with E-state index in [9.17, 15) is 0 Å². The first-order valence-corrected chi connectivity index (χ1v) is 23.6. The largest absolute Gasteiger partial charge is 0.458 e. The minimum absolute atomic E-state index is 0.0746. The quantitative estimate of drug-likeness (QED) is 0.166. The maximum absolute atomic E-state index is 6.51. The zero-order valence-corrected chi connectivity index (χ0v) is 37.9. The summed E-state index contributed by atoms with van der Waals surface area (Å²) >= 11 is 0. The first kappa shape index (κ1) is 39.5. The highest BCUT2D eigenvalue weighted by Crippen LogP contribution is 2.41. The Labute approximate surface area is 400 Å². The van der Waals surface area contributed by atoms with Crippen molar-refractivity contribution in [1.29, 1.82) is 0 Å². The third-order valence-electron chi connectivity index (χ3n) is 14.4. The van der Waals surface area contributed by atoms with E-state index < -0.39 is 0 Å². The summed E-state index contributed by atoms with van der Waals surface area (Å²) in [5.74, 6) is 7.09. The molecule has 15 rings (SSSR count). The van der Waals surface area contributed by atoms with Gasteiger partial charge >= 0.3 is 0 Å². The van der Waals surface area contributed by atoms with Gasteiger partial charge in [-0.2, -0.15) is 0 Å². The highest BCUT2D eigenvalue weighted by molar-refractivity contribution is 6.99. The Morgan fingerprint density at radius 2 is 0.710 bits per heavy atom. The summed E-state index contributed by atoms with van der Waals surface area (Å²) in [5, 5.41) is 2.47. The van der Waals surface area contributed by atoms with Crippen molar-refractivity contribution in [3.05, 3.63) is 223 Å². The Kier molecular flexibility index (Phi) is 8.84. The van der Waals surface area contributed by atoms with E-state index in [4.69, 9.17) is 18.9 Å². The monoisotopic (exact) mass is 885 g/mol. The molecular weight excluding hydrogens is 844 g/mol. The van der Waals surface area contributed by atoms with Gasteiger partial charge in [-0.05, 0) is 118 Å². The fourth-order valence-electron chi connectivity index (χ4n) is 11.3. The van der Waals surface area contributed by atoms with Crippen molar-refractivity contribution >= 4 is 68.0 Å². The van der Waals surface area contributed by atoms with Gasteiger partial charge in [0.25, 0.3) is 13.4 Å². The topological polar surface area (TPSA) is 41.9 Å². The van der Waals surface area contributed by atoms with Crippen LogP contribution in [0.1, 0.15) is 11.1 Å². The van der Waals surface area contributed by atoms with E-state index in [1.807, 2.05) is 30.3 Å². The summed E-state index contributed by atoms with van der Waals surface area (Å²) in [7, 11) is 0. The fourth-order valence-corrected chi connectivity index (χ4v) is 11.3. The maximum atomic E-state index is 6.51. The van der Waals surface area contributed by atoms with Crippen molar-refractivity contribution in [2.24, 2.45) is 0 Å². The van der Waals surface area contributed by atoms with Crippen molar-refractivity contribution in [2.45, 2.75) is 13.8 Å². The maximum Gasteiger partial charge on any atom is 0.260 e. The summed E-state index contributed by atoms with van der Waals surface area (Å²) in [6.07, 6.45) is 0. The average molecular weight is 886 g/mol. The molecule has 0 bridgehead atoms. The zero-order valence-electron chi connectivity index (χ0n) is 37.9. The zero-order chi connectivity index (χ0) is 45.7. The van der Waals surface area contributed by atoms with Crippen LogP contribution in [0.25, 0.3) is 49.7 Å². The molecule has 0 amide bonds. The predicted octanol–water partition coefficient (Wildman–Crippen LogP) is 11.9. The third kappa shape index (κ3) is 6.20. The fraction of sp³-hybridized carbons (Fsp3) is 0.0323. The van der Waals surface area contributed by atoms with E-state index in [1.165, 1.54) is 77.0 Å². The first-order chi connectivity index (χ1) is 34.0.